The first-order chi connectivity index (χ1) is 11.9. The van der Waals surface area contributed by atoms with Gasteiger partial charge in [0.2, 0.25) is 0 Å². The highest BCUT2D eigenvalue weighted by Crippen LogP contribution is 2.39. The number of aliphatic hydroxyl groups is 2. The molecule has 0 heterocycles. The van der Waals surface area contributed by atoms with E-state index >= 15 is 0 Å². The Kier molecular flexibility index (Phi) is 7.14. The number of halogens is 2. The maximum atomic E-state index is 13.4. The van der Waals surface area contributed by atoms with Crippen molar-refractivity contribution in [1.82, 2.24) is 4.90 Å². The van der Waals surface area contributed by atoms with Crippen molar-refractivity contribution in [3.05, 3.63) is 69.4 Å². The van der Waals surface area contributed by atoms with Crippen molar-refractivity contribution in [2.75, 3.05) is 27.2 Å². The maximum Gasteiger partial charge on any atom is 0.123 e. The molecule has 0 amide bonds. The SMILES string of the molecule is CN(C)CCCC(CO)(c1ccc(F)cc1)c1ccc(Br)cc1CO. The van der Waals surface area contributed by atoms with E-state index in [0.717, 1.165) is 34.1 Å². The molecule has 0 radical (unpaired) electrons. The standard InChI is InChI=1S/C20H25BrFNO2/c1-23(2)11-3-10-20(14-25,16-4-7-18(22)8-5-16)19-9-6-17(21)12-15(19)13-24/h4-9,12,24-25H,3,10-11,13-14H2,1-2H3. The summed E-state index contributed by atoms with van der Waals surface area (Å²) in [5.74, 6) is -0.304. The Balaban J connectivity index is 2.55. The smallest absolute Gasteiger partial charge is 0.123 e. The van der Waals surface area contributed by atoms with E-state index in [-0.39, 0.29) is 19.0 Å². The number of rotatable bonds is 8. The van der Waals surface area contributed by atoms with Gasteiger partial charge < -0.3 is 15.1 Å². The lowest BCUT2D eigenvalue weighted by Crippen LogP contribution is -2.34. The van der Waals surface area contributed by atoms with E-state index in [1.807, 2.05) is 32.3 Å². The maximum absolute atomic E-state index is 13.4. The number of hydrogen-bond donors (Lipinski definition) is 2. The van der Waals surface area contributed by atoms with Crippen LogP contribution in [0.3, 0.4) is 0 Å². The van der Waals surface area contributed by atoms with Gasteiger partial charge >= 0.3 is 0 Å². The molecule has 136 valence electrons. The van der Waals surface area contributed by atoms with Crippen LogP contribution in [-0.2, 0) is 12.0 Å². The molecule has 0 saturated carbocycles. The number of hydrogen-bond acceptors (Lipinski definition) is 3. The second-order valence-corrected chi connectivity index (χ2v) is 7.53. The third-order valence-corrected chi connectivity index (χ3v) is 5.12. The predicted octanol–water partition coefficient (Wildman–Crippen LogP) is 3.70. The Morgan fingerprint density at radius 2 is 1.76 bits per heavy atom. The summed E-state index contributed by atoms with van der Waals surface area (Å²) in [6, 6.07) is 12.0. The molecule has 5 heteroatoms. The predicted molar refractivity (Wildman–Crippen MR) is 102 cm³/mol. The highest BCUT2D eigenvalue weighted by Gasteiger charge is 2.35. The zero-order valence-electron chi connectivity index (χ0n) is 14.7. The molecule has 2 aromatic rings. The van der Waals surface area contributed by atoms with Crippen LogP contribution >= 0.6 is 15.9 Å². The van der Waals surface area contributed by atoms with Gasteiger partial charge in [0.25, 0.3) is 0 Å². The Morgan fingerprint density at radius 1 is 1.08 bits per heavy atom. The van der Waals surface area contributed by atoms with Crippen LogP contribution in [0.1, 0.15) is 29.5 Å². The first-order valence-corrected chi connectivity index (χ1v) is 9.13. The van der Waals surface area contributed by atoms with Crippen molar-refractivity contribution in [2.24, 2.45) is 0 Å². The largest absolute Gasteiger partial charge is 0.395 e. The van der Waals surface area contributed by atoms with Crippen LogP contribution in [0.2, 0.25) is 0 Å². The third kappa shape index (κ3) is 4.67. The molecule has 2 N–H and O–H groups in total. The Labute approximate surface area is 157 Å². The summed E-state index contributed by atoms with van der Waals surface area (Å²) < 4.78 is 14.3. The van der Waals surface area contributed by atoms with E-state index in [4.69, 9.17) is 0 Å². The molecule has 1 atom stereocenters. The second-order valence-electron chi connectivity index (χ2n) is 6.61. The summed E-state index contributed by atoms with van der Waals surface area (Å²) in [6.07, 6.45) is 1.56. The molecular formula is C20H25BrFNO2. The zero-order chi connectivity index (χ0) is 18.4. The van der Waals surface area contributed by atoms with Crippen LogP contribution in [0.4, 0.5) is 4.39 Å². The summed E-state index contributed by atoms with van der Waals surface area (Å²) in [5.41, 5.74) is 1.82. The monoisotopic (exact) mass is 409 g/mol. The van der Waals surface area contributed by atoms with Crippen LogP contribution in [0.25, 0.3) is 0 Å². The van der Waals surface area contributed by atoms with Crippen molar-refractivity contribution in [3.63, 3.8) is 0 Å². The molecule has 2 aromatic carbocycles. The van der Waals surface area contributed by atoms with Gasteiger partial charge in [0.05, 0.1) is 13.2 Å². The van der Waals surface area contributed by atoms with Gasteiger partial charge in [-0.15, -0.1) is 0 Å². The number of nitrogens with zero attached hydrogens (tertiary/aromatic N) is 1. The van der Waals surface area contributed by atoms with E-state index in [9.17, 15) is 14.6 Å². The van der Waals surface area contributed by atoms with Crippen LogP contribution in [0.15, 0.2) is 46.9 Å². The van der Waals surface area contributed by atoms with Gasteiger partial charge in [0.1, 0.15) is 5.82 Å². The van der Waals surface area contributed by atoms with Gasteiger partial charge in [-0.2, -0.15) is 0 Å². The summed E-state index contributed by atoms with van der Waals surface area (Å²) in [7, 11) is 4.02. The lowest BCUT2D eigenvalue weighted by molar-refractivity contribution is 0.200. The van der Waals surface area contributed by atoms with Crippen molar-refractivity contribution >= 4 is 15.9 Å². The Hall–Kier alpha value is -1.27. The lowest BCUT2D eigenvalue weighted by atomic mass is 9.70. The zero-order valence-corrected chi connectivity index (χ0v) is 16.3. The molecule has 25 heavy (non-hydrogen) atoms. The highest BCUT2D eigenvalue weighted by molar-refractivity contribution is 9.10. The van der Waals surface area contributed by atoms with E-state index in [1.54, 1.807) is 12.1 Å². The summed E-state index contributed by atoms with van der Waals surface area (Å²) in [4.78, 5) is 2.10. The van der Waals surface area contributed by atoms with Crippen molar-refractivity contribution in [3.8, 4) is 0 Å². The van der Waals surface area contributed by atoms with Gasteiger partial charge in [0, 0.05) is 9.89 Å². The fraction of sp³-hybridized carbons (Fsp3) is 0.400. The van der Waals surface area contributed by atoms with Gasteiger partial charge in [-0.3, -0.25) is 0 Å². The highest BCUT2D eigenvalue weighted by atomic mass is 79.9. The summed E-state index contributed by atoms with van der Waals surface area (Å²) in [5, 5.41) is 20.2. The first-order valence-electron chi connectivity index (χ1n) is 8.34. The molecule has 1 unspecified atom stereocenters. The Bertz CT molecular complexity index is 691. The minimum Gasteiger partial charge on any atom is -0.395 e. The van der Waals surface area contributed by atoms with Gasteiger partial charge in [-0.05, 0) is 74.4 Å². The van der Waals surface area contributed by atoms with Crippen LogP contribution in [0.5, 0.6) is 0 Å². The molecule has 0 aromatic heterocycles. The number of benzene rings is 2. The van der Waals surface area contributed by atoms with Crippen LogP contribution in [-0.4, -0.2) is 42.4 Å². The van der Waals surface area contributed by atoms with E-state index in [1.165, 1.54) is 12.1 Å². The third-order valence-electron chi connectivity index (χ3n) is 4.63. The van der Waals surface area contributed by atoms with Gasteiger partial charge in [-0.25, -0.2) is 4.39 Å². The molecule has 0 aliphatic heterocycles. The molecule has 0 bridgehead atoms. The van der Waals surface area contributed by atoms with Gasteiger partial charge in [-0.1, -0.05) is 34.1 Å². The van der Waals surface area contributed by atoms with E-state index in [0.29, 0.717) is 6.42 Å². The van der Waals surface area contributed by atoms with Crippen molar-refractivity contribution < 1.29 is 14.6 Å². The average molecular weight is 410 g/mol. The minimum atomic E-state index is -0.678. The van der Waals surface area contributed by atoms with Crippen molar-refractivity contribution in [2.45, 2.75) is 24.9 Å². The molecule has 2 rings (SSSR count). The fourth-order valence-corrected chi connectivity index (χ4v) is 3.72. The molecule has 0 spiro atoms. The van der Waals surface area contributed by atoms with Crippen LogP contribution < -0.4 is 0 Å². The molecular weight excluding hydrogens is 385 g/mol. The second kappa shape index (κ2) is 8.90. The summed E-state index contributed by atoms with van der Waals surface area (Å²) >= 11 is 3.43. The topological polar surface area (TPSA) is 43.7 Å². The van der Waals surface area contributed by atoms with Crippen LogP contribution in [0, 0.1) is 5.82 Å². The van der Waals surface area contributed by atoms with Crippen molar-refractivity contribution in [1.29, 1.82) is 0 Å². The fourth-order valence-electron chi connectivity index (χ4n) is 3.32. The molecule has 0 fully saturated rings. The summed E-state index contributed by atoms with van der Waals surface area (Å²) in [6.45, 7) is 0.653. The lowest BCUT2D eigenvalue weighted by Gasteiger charge is -2.35. The van der Waals surface area contributed by atoms with E-state index in [2.05, 4.69) is 20.8 Å². The molecule has 0 saturated heterocycles. The van der Waals surface area contributed by atoms with E-state index < -0.39 is 5.41 Å². The first kappa shape index (κ1) is 20.0. The molecule has 0 aliphatic carbocycles. The minimum absolute atomic E-state index is 0.110. The normalized spacial score (nSPS) is 13.9. The van der Waals surface area contributed by atoms with Gasteiger partial charge in [0.15, 0.2) is 0 Å². The quantitative estimate of drug-likeness (QED) is 0.698. The number of aliphatic hydroxyl groups excluding tert-OH is 2. The molecule has 3 nitrogen and oxygen atoms in total. The Morgan fingerprint density at radius 3 is 2.32 bits per heavy atom. The average Bonchev–Trinajstić information content (AvgIpc) is 2.60. The molecule has 0 aliphatic rings.